The normalized spacial score (nSPS) is 17.0. The van der Waals surface area contributed by atoms with E-state index in [1.165, 1.54) is 0 Å². The molecule has 1 saturated heterocycles. The van der Waals surface area contributed by atoms with Crippen LogP contribution in [0.2, 0.25) is 5.02 Å². The van der Waals surface area contributed by atoms with Crippen LogP contribution in [0.25, 0.3) is 11.0 Å². The molecular formula is C18H15ClN4O3. The molecule has 7 nitrogen and oxygen atoms in total. The van der Waals surface area contributed by atoms with Gasteiger partial charge in [0.1, 0.15) is 0 Å². The monoisotopic (exact) mass is 370 g/mol. The first-order valence-corrected chi connectivity index (χ1v) is 8.47. The minimum atomic E-state index is -0.472. The molecule has 3 N–H and O–H groups in total. The van der Waals surface area contributed by atoms with Gasteiger partial charge in [-0.15, -0.1) is 0 Å². The number of carbonyl (C=O) groups is 2. The summed E-state index contributed by atoms with van der Waals surface area (Å²) in [6.07, 6.45) is 0.125. The summed E-state index contributed by atoms with van der Waals surface area (Å²) in [5.41, 5.74) is 2.13. The first kappa shape index (κ1) is 16.4. The number of amides is 2. The fourth-order valence-electron chi connectivity index (χ4n) is 3.14. The maximum Gasteiger partial charge on any atom is 0.323 e. The van der Waals surface area contributed by atoms with Crippen LogP contribution in [0.5, 0.6) is 0 Å². The number of benzene rings is 2. The fraction of sp³-hybridized carbons (Fsp3) is 0.167. The number of H-pyrrole nitrogens is 2. The number of hydrogen-bond acceptors (Lipinski definition) is 3. The highest BCUT2D eigenvalue weighted by molar-refractivity contribution is 6.33. The van der Waals surface area contributed by atoms with Crippen molar-refractivity contribution >= 4 is 45.8 Å². The maximum absolute atomic E-state index is 12.6. The zero-order chi connectivity index (χ0) is 18.3. The van der Waals surface area contributed by atoms with Gasteiger partial charge in [-0.25, -0.2) is 4.79 Å². The third-order valence-corrected chi connectivity index (χ3v) is 4.74. The van der Waals surface area contributed by atoms with Crippen molar-refractivity contribution in [1.29, 1.82) is 0 Å². The number of aromatic amines is 2. The number of imidazole rings is 1. The molecule has 0 saturated carbocycles. The molecule has 0 spiro atoms. The van der Waals surface area contributed by atoms with Crippen molar-refractivity contribution in [3.63, 3.8) is 0 Å². The lowest BCUT2D eigenvalue weighted by atomic mass is 10.1. The smallest absolute Gasteiger partial charge is 0.323 e. The van der Waals surface area contributed by atoms with Crippen LogP contribution in [0.15, 0.2) is 47.3 Å². The van der Waals surface area contributed by atoms with Crippen LogP contribution >= 0.6 is 11.6 Å². The van der Waals surface area contributed by atoms with Crippen LogP contribution in [0.3, 0.4) is 0 Å². The number of fused-ring (bicyclic) bond motifs is 1. The van der Waals surface area contributed by atoms with Crippen LogP contribution in [-0.4, -0.2) is 28.3 Å². The van der Waals surface area contributed by atoms with E-state index in [0.717, 1.165) is 0 Å². The zero-order valence-corrected chi connectivity index (χ0v) is 14.3. The molecule has 0 bridgehead atoms. The molecule has 1 fully saturated rings. The highest BCUT2D eigenvalue weighted by atomic mass is 35.5. The summed E-state index contributed by atoms with van der Waals surface area (Å²) in [7, 11) is 0. The van der Waals surface area contributed by atoms with E-state index in [1.54, 1.807) is 47.4 Å². The largest absolute Gasteiger partial charge is 0.326 e. The van der Waals surface area contributed by atoms with Crippen molar-refractivity contribution in [2.24, 2.45) is 5.92 Å². The van der Waals surface area contributed by atoms with Gasteiger partial charge in [0.2, 0.25) is 11.8 Å². The summed E-state index contributed by atoms with van der Waals surface area (Å²) in [5, 5.41) is 3.28. The Morgan fingerprint density at radius 3 is 2.69 bits per heavy atom. The van der Waals surface area contributed by atoms with E-state index in [1.807, 2.05) is 0 Å². The van der Waals surface area contributed by atoms with E-state index in [-0.39, 0.29) is 30.5 Å². The number of anilines is 2. The Balaban J connectivity index is 1.50. The van der Waals surface area contributed by atoms with Gasteiger partial charge in [-0.1, -0.05) is 23.7 Å². The predicted octanol–water partition coefficient (Wildman–Crippen LogP) is 2.50. The van der Waals surface area contributed by atoms with Crippen LogP contribution in [0.4, 0.5) is 11.4 Å². The van der Waals surface area contributed by atoms with E-state index >= 15 is 0 Å². The first-order valence-electron chi connectivity index (χ1n) is 8.09. The minimum Gasteiger partial charge on any atom is -0.326 e. The van der Waals surface area contributed by atoms with Crippen LogP contribution in [0.1, 0.15) is 6.42 Å². The third-order valence-electron chi connectivity index (χ3n) is 4.42. The van der Waals surface area contributed by atoms with Crippen LogP contribution < -0.4 is 15.9 Å². The molecule has 0 radical (unpaired) electrons. The third kappa shape index (κ3) is 2.97. The summed E-state index contributed by atoms with van der Waals surface area (Å²) >= 11 is 6.16. The molecule has 2 heterocycles. The fourth-order valence-corrected chi connectivity index (χ4v) is 3.38. The van der Waals surface area contributed by atoms with E-state index in [9.17, 15) is 14.4 Å². The second kappa shape index (κ2) is 6.34. The lowest BCUT2D eigenvalue weighted by molar-refractivity contribution is -0.122. The molecule has 0 aliphatic carbocycles. The molecule has 1 aliphatic heterocycles. The zero-order valence-electron chi connectivity index (χ0n) is 13.6. The average Bonchev–Trinajstić information content (AvgIpc) is 3.17. The van der Waals surface area contributed by atoms with Crippen molar-refractivity contribution < 1.29 is 9.59 Å². The van der Waals surface area contributed by atoms with Gasteiger partial charge in [-0.2, -0.15) is 0 Å². The van der Waals surface area contributed by atoms with Gasteiger partial charge in [-0.05, 0) is 30.3 Å². The second-order valence-corrected chi connectivity index (χ2v) is 6.59. The summed E-state index contributed by atoms with van der Waals surface area (Å²) < 4.78 is 0. The molecule has 26 heavy (non-hydrogen) atoms. The molecule has 2 aromatic carbocycles. The summed E-state index contributed by atoms with van der Waals surface area (Å²) in [6.45, 7) is 0.275. The molecule has 2 amide bonds. The number of carbonyl (C=O) groups excluding carboxylic acids is 2. The molecular weight excluding hydrogens is 356 g/mol. The molecule has 4 rings (SSSR count). The van der Waals surface area contributed by atoms with Crippen molar-refractivity contribution in [3.8, 4) is 0 Å². The highest BCUT2D eigenvalue weighted by Crippen LogP contribution is 2.31. The molecule has 8 heteroatoms. The van der Waals surface area contributed by atoms with E-state index in [4.69, 9.17) is 11.6 Å². The van der Waals surface area contributed by atoms with E-state index in [2.05, 4.69) is 15.3 Å². The Bertz CT molecular complexity index is 1070. The molecule has 3 aromatic rings. The quantitative estimate of drug-likeness (QED) is 0.660. The maximum atomic E-state index is 12.6. The number of aromatic nitrogens is 2. The van der Waals surface area contributed by atoms with E-state index in [0.29, 0.717) is 27.4 Å². The molecule has 1 aliphatic rings. The predicted molar refractivity (Wildman–Crippen MR) is 99.5 cm³/mol. The number of hydrogen-bond donors (Lipinski definition) is 3. The summed E-state index contributed by atoms with van der Waals surface area (Å²) in [5.74, 6) is -0.853. The van der Waals surface area contributed by atoms with Gasteiger partial charge in [0.25, 0.3) is 0 Å². The van der Waals surface area contributed by atoms with Gasteiger partial charge in [-0.3, -0.25) is 9.59 Å². The number of nitrogens with one attached hydrogen (secondary N) is 3. The lowest BCUT2D eigenvalue weighted by Gasteiger charge is -2.18. The summed E-state index contributed by atoms with van der Waals surface area (Å²) in [4.78, 5) is 43.0. The van der Waals surface area contributed by atoms with Crippen molar-refractivity contribution in [1.82, 2.24) is 9.97 Å². The number of nitrogens with zero attached hydrogens (tertiary/aromatic N) is 1. The molecule has 1 atom stereocenters. The van der Waals surface area contributed by atoms with Crippen molar-refractivity contribution in [2.75, 3.05) is 16.8 Å². The van der Waals surface area contributed by atoms with Crippen molar-refractivity contribution in [3.05, 3.63) is 58.0 Å². The second-order valence-electron chi connectivity index (χ2n) is 6.19. The molecule has 1 unspecified atom stereocenters. The van der Waals surface area contributed by atoms with Gasteiger partial charge in [0.05, 0.1) is 27.7 Å². The standard InChI is InChI=1S/C18H15ClN4O3/c19-12-3-1-2-4-15(12)23-9-10(7-16(23)24)17(25)20-11-5-6-13-14(8-11)22-18(26)21-13/h1-6,8,10H,7,9H2,(H,20,25)(H2,21,22,26). The average molecular weight is 371 g/mol. The Morgan fingerprint density at radius 2 is 1.88 bits per heavy atom. The Kier molecular flexibility index (Phi) is 4.00. The topological polar surface area (TPSA) is 98.1 Å². The van der Waals surface area contributed by atoms with Crippen LogP contribution in [-0.2, 0) is 9.59 Å². The van der Waals surface area contributed by atoms with Crippen molar-refractivity contribution in [2.45, 2.75) is 6.42 Å². The Labute approximate surface area is 153 Å². The SMILES string of the molecule is O=C(Nc1ccc2[nH]c(=O)[nH]c2c1)C1CC(=O)N(c2ccccc2Cl)C1. The highest BCUT2D eigenvalue weighted by Gasteiger charge is 2.35. The lowest BCUT2D eigenvalue weighted by Crippen LogP contribution is -2.28. The number of rotatable bonds is 3. The number of para-hydroxylation sites is 1. The minimum absolute atomic E-state index is 0.125. The number of halogens is 1. The Morgan fingerprint density at radius 1 is 1.12 bits per heavy atom. The van der Waals surface area contributed by atoms with Crippen LogP contribution in [0, 0.1) is 5.92 Å². The van der Waals surface area contributed by atoms with Gasteiger partial charge < -0.3 is 20.2 Å². The van der Waals surface area contributed by atoms with E-state index < -0.39 is 5.92 Å². The Hall–Kier alpha value is -3.06. The van der Waals surface area contributed by atoms with Gasteiger partial charge in [0, 0.05) is 18.7 Å². The van der Waals surface area contributed by atoms with Gasteiger partial charge in [0.15, 0.2) is 0 Å². The molecule has 132 valence electrons. The molecule has 1 aromatic heterocycles. The van der Waals surface area contributed by atoms with Gasteiger partial charge >= 0.3 is 5.69 Å². The summed E-state index contributed by atoms with van der Waals surface area (Å²) in [6, 6.07) is 12.1. The first-order chi connectivity index (χ1) is 12.5.